The molecule has 0 amide bonds. The maximum absolute atomic E-state index is 13.2. The number of para-hydroxylation sites is 1. The number of aryl methyl sites for hydroxylation is 1. The van der Waals surface area contributed by atoms with E-state index in [1.165, 1.54) is 15.6 Å². The van der Waals surface area contributed by atoms with Crippen LogP contribution < -0.4 is 4.31 Å². The van der Waals surface area contributed by atoms with Crippen molar-refractivity contribution in [2.24, 2.45) is 0 Å². The Kier molecular flexibility index (Phi) is 3.68. The van der Waals surface area contributed by atoms with Gasteiger partial charge in [-0.2, -0.15) is 0 Å². The van der Waals surface area contributed by atoms with Crippen LogP contribution in [0.1, 0.15) is 36.6 Å². The zero-order valence-electron chi connectivity index (χ0n) is 14.1. The van der Waals surface area contributed by atoms with Crippen molar-refractivity contribution in [2.45, 2.75) is 35.8 Å². The highest BCUT2D eigenvalue weighted by molar-refractivity contribution is 7.94. The van der Waals surface area contributed by atoms with Crippen molar-refractivity contribution >= 4 is 27.0 Å². The van der Waals surface area contributed by atoms with Crippen LogP contribution in [0.25, 0.3) is 10.6 Å². The van der Waals surface area contributed by atoms with Crippen LogP contribution in [-0.4, -0.2) is 19.9 Å². The van der Waals surface area contributed by atoms with Crippen LogP contribution >= 0.6 is 11.3 Å². The molecule has 2 aromatic heterocycles. The minimum absolute atomic E-state index is 0.341. The number of thiophene rings is 1. The van der Waals surface area contributed by atoms with Crippen LogP contribution in [0.2, 0.25) is 0 Å². The number of aromatic nitrogens is 1. The molecule has 0 N–H and O–H groups in total. The maximum Gasteiger partial charge on any atom is 0.273 e. The smallest absolute Gasteiger partial charge is 0.273 e. The van der Waals surface area contributed by atoms with Gasteiger partial charge in [0.15, 0.2) is 11.7 Å². The van der Waals surface area contributed by atoms with Crippen LogP contribution in [0.15, 0.2) is 51.2 Å². The SMILES string of the molecule is O=S(=O)(c1ccc(-c2cnc(C3CC3)o2)s1)N1CCCc2ccccc21. The molecular weight excluding hydrogens is 368 g/mol. The van der Waals surface area contributed by atoms with Gasteiger partial charge in [0, 0.05) is 12.5 Å². The van der Waals surface area contributed by atoms with Crippen LogP contribution in [0.5, 0.6) is 0 Å². The third-order valence-electron chi connectivity index (χ3n) is 4.89. The van der Waals surface area contributed by atoms with Gasteiger partial charge >= 0.3 is 0 Å². The summed E-state index contributed by atoms with van der Waals surface area (Å²) in [4.78, 5) is 5.13. The van der Waals surface area contributed by atoms with Crippen molar-refractivity contribution in [3.05, 3.63) is 54.0 Å². The molecular formula is C19H18N2O3S2. The van der Waals surface area contributed by atoms with E-state index >= 15 is 0 Å². The molecule has 0 radical (unpaired) electrons. The number of nitrogens with zero attached hydrogens (tertiary/aromatic N) is 2. The number of hydrogen-bond acceptors (Lipinski definition) is 5. The van der Waals surface area contributed by atoms with Gasteiger partial charge in [-0.1, -0.05) is 18.2 Å². The first-order valence-electron chi connectivity index (χ1n) is 8.79. The van der Waals surface area contributed by atoms with E-state index in [0.29, 0.717) is 22.4 Å². The van der Waals surface area contributed by atoms with Crippen LogP contribution in [0, 0.1) is 0 Å². The fourth-order valence-electron chi connectivity index (χ4n) is 3.37. The van der Waals surface area contributed by atoms with Gasteiger partial charge in [-0.25, -0.2) is 13.4 Å². The van der Waals surface area contributed by atoms with E-state index in [9.17, 15) is 8.42 Å². The fourth-order valence-corrected chi connectivity index (χ4v) is 6.28. The van der Waals surface area contributed by atoms with Crippen LogP contribution in [-0.2, 0) is 16.4 Å². The summed E-state index contributed by atoms with van der Waals surface area (Å²) in [6.07, 6.45) is 5.70. The summed E-state index contributed by atoms with van der Waals surface area (Å²) < 4.78 is 34.1. The molecule has 0 saturated heterocycles. The summed E-state index contributed by atoms with van der Waals surface area (Å²) >= 11 is 1.24. The number of rotatable bonds is 4. The second-order valence-electron chi connectivity index (χ2n) is 6.77. The first kappa shape index (κ1) is 16.1. The van der Waals surface area contributed by atoms with Crippen LogP contribution in [0.4, 0.5) is 5.69 Å². The first-order valence-corrected chi connectivity index (χ1v) is 11.1. The zero-order chi connectivity index (χ0) is 17.7. The predicted molar refractivity (Wildman–Crippen MR) is 101 cm³/mol. The Morgan fingerprint density at radius 3 is 2.85 bits per heavy atom. The predicted octanol–water partition coefficient (Wildman–Crippen LogP) is 4.42. The molecule has 0 spiro atoms. The van der Waals surface area contributed by atoms with E-state index in [1.807, 2.05) is 30.3 Å². The summed E-state index contributed by atoms with van der Waals surface area (Å²) in [6.45, 7) is 0.515. The average molecular weight is 386 g/mol. The lowest BCUT2D eigenvalue weighted by Crippen LogP contribution is -2.35. The third-order valence-corrected chi connectivity index (χ3v) is 8.27. The van der Waals surface area contributed by atoms with Gasteiger partial charge in [-0.3, -0.25) is 4.31 Å². The van der Waals surface area contributed by atoms with E-state index < -0.39 is 10.0 Å². The molecule has 1 saturated carbocycles. The van der Waals surface area contributed by atoms with Crippen molar-refractivity contribution in [1.29, 1.82) is 0 Å². The van der Waals surface area contributed by atoms with Gasteiger partial charge in [0.2, 0.25) is 0 Å². The number of fused-ring (bicyclic) bond motifs is 1. The molecule has 0 unspecified atom stereocenters. The zero-order valence-corrected chi connectivity index (χ0v) is 15.7. The Labute approximate surface area is 156 Å². The molecule has 5 nitrogen and oxygen atoms in total. The molecule has 26 heavy (non-hydrogen) atoms. The highest BCUT2D eigenvalue weighted by Gasteiger charge is 2.31. The minimum Gasteiger partial charge on any atom is -0.440 e. The molecule has 134 valence electrons. The molecule has 0 bridgehead atoms. The summed E-state index contributed by atoms with van der Waals surface area (Å²) in [7, 11) is -3.57. The minimum atomic E-state index is -3.57. The standard InChI is InChI=1S/C19H18N2O3S2/c22-26(23,21-11-3-5-13-4-1-2-6-15(13)21)18-10-9-17(25-18)16-12-20-19(24-16)14-7-8-14/h1-2,4,6,9-10,12,14H,3,5,7-8,11H2. The monoisotopic (exact) mass is 386 g/mol. The largest absolute Gasteiger partial charge is 0.440 e. The Balaban J connectivity index is 1.49. The van der Waals surface area contributed by atoms with E-state index in [1.54, 1.807) is 12.3 Å². The molecule has 2 aliphatic rings. The summed E-state index contributed by atoms with van der Waals surface area (Å²) in [6, 6.07) is 11.2. The number of anilines is 1. The van der Waals surface area contributed by atoms with Gasteiger partial charge in [-0.05, 0) is 49.4 Å². The lowest BCUT2D eigenvalue weighted by atomic mass is 10.0. The number of oxazole rings is 1. The maximum atomic E-state index is 13.2. The van der Waals surface area contributed by atoms with Gasteiger partial charge in [0.25, 0.3) is 10.0 Å². The second-order valence-corrected chi connectivity index (χ2v) is 9.94. The lowest BCUT2D eigenvalue weighted by molar-refractivity contribution is 0.510. The molecule has 0 atom stereocenters. The topological polar surface area (TPSA) is 63.4 Å². The molecule has 1 fully saturated rings. The molecule has 5 rings (SSSR count). The lowest BCUT2D eigenvalue weighted by Gasteiger charge is -2.29. The normalized spacial score (nSPS) is 17.3. The fraction of sp³-hybridized carbons (Fsp3) is 0.316. The average Bonchev–Trinajstić information content (AvgIpc) is 3.18. The highest BCUT2D eigenvalue weighted by atomic mass is 32.2. The summed E-state index contributed by atoms with van der Waals surface area (Å²) in [5, 5.41) is 0. The highest BCUT2D eigenvalue weighted by Crippen LogP contribution is 2.42. The van der Waals surface area contributed by atoms with Crippen molar-refractivity contribution in [3.8, 4) is 10.6 Å². The Morgan fingerprint density at radius 1 is 1.15 bits per heavy atom. The molecule has 3 heterocycles. The van der Waals surface area contributed by atoms with E-state index in [0.717, 1.165) is 47.7 Å². The molecule has 1 aliphatic carbocycles. The Morgan fingerprint density at radius 2 is 2.00 bits per heavy atom. The van der Waals surface area contributed by atoms with Crippen molar-refractivity contribution < 1.29 is 12.8 Å². The van der Waals surface area contributed by atoms with Crippen molar-refractivity contribution in [3.63, 3.8) is 0 Å². The number of hydrogen-bond donors (Lipinski definition) is 0. The molecule has 1 aliphatic heterocycles. The summed E-state index contributed by atoms with van der Waals surface area (Å²) in [5.41, 5.74) is 1.88. The number of benzene rings is 1. The van der Waals surface area contributed by atoms with E-state index in [-0.39, 0.29) is 0 Å². The van der Waals surface area contributed by atoms with E-state index in [2.05, 4.69) is 4.98 Å². The van der Waals surface area contributed by atoms with Crippen molar-refractivity contribution in [2.75, 3.05) is 10.8 Å². The quantitative estimate of drug-likeness (QED) is 0.666. The first-order chi connectivity index (χ1) is 12.6. The number of sulfonamides is 1. The third kappa shape index (κ3) is 2.66. The summed E-state index contributed by atoms with van der Waals surface area (Å²) in [5.74, 6) is 1.86. The second kappa shape index (κ2) is 5.96. The van der Waals surface area contributed by atoms with Gasteiger partial charge in [-0.15, -0.1) is 11.3 Å². The Bertz CT molecular complexity index is 1060. The molecule has 7 heteroatoms. The van der Waals surface area contributed by atoms with Gasteiger partial charge < -0.3 is 4.42 Å². The van der Waals surface area contributed by atoms with Crippen LogP contribution in [0.3, 0.4) is 0 Å². The van der Waals surface area contributed by atoms with E-state index in [4.69, 9.17) is 4.42 Å². The Hall–Kier alpha value is -2.12. The van der Waals surface area contributed by atoms with Crippen molar-refractivity contribution in [1.82, 2.24) is 4.98 Å². The molecule has 3 aromatic rings. The van der Waals surface area contributed by atoms with Gasteiger partial charge in [0.1, 0.15) is 4.21 Å². The van der Waals surface area contributed by atoms with Gasteiger partial charge in [0.05, 0.1) is 16.8 Å². The molecule has 1 aromatic carbocycles.